The molecule has 1 aromatic carbocycles. The largest absolute Gasteiger partial charge is 0.489 e. The molecule has 2 atom stereocenters. The molecule has 5 heteroatoms. The van der Waals surface area contributed by atoms with Gasteiger partial charge in [0.15, 0.2) is 0 Å². The number of aryl methyl sites for hydroxylation is 2. The van der Waals surface area contributed by atoms with Crippen molar-refractivity contribution in [1.82, 2.24) is 10.3 Å². The van der Waals surface area contributed by atoms with Crippen molar-refractivity contribution in [3.8, 4) is 5.75 Å². The maximum Gasteiger partial charge on any atom is 0.132 e. The van der Waals surface area contributed by atoms with E-state index in [9.17, 15) is 5.11 Å². The van der Waals surface area contributed by atoms with Crippen molar-refractivity contribution in [1.29, 1.82) is 0 Å². The van der Waals surface area contributed by atoms with Crippen LogP contribution >= 0.6 is 0 Å². The Balaban J connectivity index is 0.00000137. The van der Waals surface area contributed by atoms with Crippen LogP contribution in [0.25, 0.3) is 0 Å². The number of nitrogens with one attached hydrogen (secondary N) is 1. The molecule has 0 bridgehead atoms. The molecule has 190 valence electrons. The summed E-state index contributed by atoms with van der Waals surface area (Å²) >= 11 is 0. The second-order valence-corrected chi connectivity index (χ2v) is 8.41. The molecular weight excluding hydrogens is 422 g/mol. The number of hydrogen-bond acceptors (Lipinski definition) is 5. The van der Waals surface area contributed by atoms with Crippen LogP contribution in [-0.4, -0.2) is 35.3 Å². The van der Waals surface area contributed by atoms with Crippen molar-refractivity contribution in [2.75, 3.05) is 18.0 Å². The number of allylic oxidation sites excluding steroid dienone is 2. The topological polar surface area (TPSA) is 57.6 Å². The smallest absolute Gasteiger partial charge is 0.132 e. The van der Waals surface area contributed by atoms with Crippen molar-refractivity contribution in [3.05, 3.63) is 65.0 Å². The average Bonchev–Trinajstić information content (AvgIpc) is 2.86. The van der Waals surface area contributed by atoms with Gasteiger partial charge in [-0.15, -0.1) is 0 Å². The van der Waals surface area contributed by atoms with Crippen LogP contribution < -0.4 is 15.0 Å². The number of aromatic nitrogens is 1. The van der Waals surface area contributed by atoms with E-state index in [4.69, 9.17) is 4.74 Å². The van der Waals surface area contributed by atoms with Crippen LogP contribution in [0.15, 0.2) is 48.3 Å². The van der Waals surface area contributed by atoms with Gasteiger partial charge in [0.05, 0.1) is 6.10 Å². The van der Waals surface area contributed by atoms with E-state index in [-0.39, 0.29) is 6.10 Å². The molecule has 0 radical (unpaired) electrons. The van der Waals surface area contributed by atoms with E-state index < -0.39 is 6.10 Å². The predicted molar refractivity (Wildman–Crippen MR) is 146 cm³/mol. The molecule has 3 rings (SSSR count). The second-order valence-electron chi connectivity index (χ2n) is 8.41. The number of nitrogens with zero attached hydrogens (tertiary/aromatic N) is 2. The first-order valence-electron chi connectivity index (χ1n) is 12.9. The lowest BCUT2D eigenvalue weighted by Gasteiger charge is -2.29. The maximum absolute atomic E-state index is 10.6. The molecule has 0 saturated carbocycles. The van der Waals surface area contributed by atoms with E-state index in [1.54, 1.807) is 6.20 Å². The van der Waals surface area contributed by atoms with Crippen LogP contribution in [0.3, 0.4) is 0 Å². The summed E-state index contributed by atoms with van der Waals surface area (Å²) in [6.45, 7) is 19.7. The number of ether oxygens (including phenoxy) is 1. The number of aliphatic hydroxyl groups is 1. The first kappa shape index (κ1) is 29.7. The van der Waals surface area contributed by atoms with E-state index in [1.807, 2.05) is 46.8 Å². The van der Waals surface area contributed by atoms with E-state index >= 15 is 0 Å². The van der Waals surface area contributed by atoms with Gasteiger partial charge in [-0.25, -0.2) is 4.98 Å². The van der Waals surface area contributed by atoms with Crippen LogP contribution in [-0.2, 0) is 6.42 Å². The molecule has 1 aliphatic rings. The van der Waals surface area contributed by atoms with Crippen LogP contribution in [0.2, 0.25) is 0 Å². The second kappa shape index (κ2) is 15.5. The summed E-state index contributed by atoms with van der Waals surface area (Å²) in [7, 11) is 0. The highest BCUT2D eigenvalue weighted by atomic mass is 16.5. The molecule has 2 N–H and O–H groups in total. The lowest BCUT2D eigenvalue weighted by Crippen LogP contribution is -2.36. The van der Waals surface area contributed by atoms with Crippen LogP contribution in [0.4, 0.5) is 5.82 Å². The summed E-state index contributed by atoms with van der Waals surface area (Å²) in [6.07, 6.45) is 5.42. The first-order chi connectivity index (χ1) is 16.4. The number of benzene rings is 1. The Labute approximate surface area is 208 Å². The van der Waals surface area contributed by atoms with Crippen LogP contribution in [0.1, 0.15) is 84.6 Å². The number of hydrogen-bond donors (Lipinski definition) is 2. The Hall–Kier alpha value is -2.37. The van der Waals surface area contributed by atoms with Crippen LogP contribution in [0, 0.1) is 6.92 Å². The van der Waals surface area contributed by atoms with E-state index in [0.29, 0.717) is 12.6 Å². The summed E-state index contributed by atoms with van der Waals surface area (Å²) in [5.74, 6) is 1.89. The molecular formula is C29H47N3O2. The van der Waals surface area contributed by atoms with Crippen molar-refractivity contribution >= 4 is 5.82 Å². The molecule has 0 aliphatic carbocycles. The first-order valence-corrected chi connectivity index (χ1v) is 12.9. The monoisotopic (exact) mass is 469 g/mol. The molecule has 1 aromatic heterocycles. The number of anilines is 1. The van der Waals surface area contributed by atoms with Gasteiger partial charge >= 0.3 is 0 Å². The summed E-state index contributed by atoms with van der Waals surface area (Å²) in [6, 6.07) is 10.6. The molecule has 0 spiro atoms. The van der Waals surface area contributed by atoms with Crippen molar-refractivity contribution in [2.24, 2.45) is 0 Å². The van der Waals surface area contributed by atoms with E-state index in [1.165, 1.54) is 11.1 Å². The zero-order chi connectivity index (χ0) is 25.7. The Kier molecular flexibility index (Phi) is 13.5. The molecule has 0 fully saturated rings. The Morgan fingerprint density at radius 3 is 2.50 bits per heavy atom. The van der Waals surface area contributed by atoms with Crippen LogP contribution in [0.5, 0.6) is 5.75 Å². The van der Waals surface area contributed by atoms with Crippen molar-refractivity contribution in [2.45, 2.75) is 93.4 Å². The standard InChI is InChI=1S/C25H35N3O2.2C2H6/c1-6-19(5)28(17(2)3)25-12-9-21(14-27-25)23(29)16-26-15-22-10-8-20-13-18(4)7-11-24(20)30-22;2*1-2/h6-7,9,11-14,17,22-23,26,29H,8,10,15-16H2,1-5H3;2*1-2H3/b19-6-;;. The van der Waals surface area contributed by atoms with Gasteiger partial charge in [0.1, 0.15) is 17.7 Å². The molecule has 5 nitrogen and oxygen atoms in total. The fourth-order valence-electron chi connectivity index (χ4n) is 3.94. The zero-order valence-corrected chi connectivity index (χ0v) is 22.9. The zero-order valence-electron chi connectivity index (χ0n) is 22.9. The van der Waals surface area contributed by atoms with Gasteiger partial charge in [-0.3, -0.25) is 0 Å². The number of aliphatic hydroxyl groups excluding tert-OH is 1. The minimum atomic E-state index is -0.597. The SMILES string of the molecule is C/C=C(/C)N(c1ccc(C(O)CNCC2CCc3cc(C)ccc3O2)cn1)C(C)C.CC.CC. The summed E-state index contributed by atoms with van der Waals surface area (Å²) in [5.41, 5.74) is 4.55. The third kappa shape index (κ3) is 8.44. The molecule has 1 aliphatic heterocycles. The minimum Gasteiger partial charge on any atom is -0.489 e. The predicted octanol–water partition coefficient (Wildman–Crippen LogP) is 6.60. The highest BCUT2D eigenvalue weighted by Crippen LogP contribution is 2.28. The Morgan fingerprint density at radius 1 is 1.21 bits per heavy atom. The van der Waals surface area contributed by atoms with Gasteiger partial charge in [0.25, 0.3) is 0 Å². The highest BCUT2D eigenvalue weighted by molar-refractivity contribution is 5.47. The number of fused-ring (bicyclic) bond motifs is 1. The molecule has 2 unspecified atom stereocenters. The molecule has 34 heavy (non-hydrogen) atoms. The maximum atomic E-state index is 10.6. The fraction of sp³-hybridized carbons (Fsp3) is 0.552. The van der Waals surface area contributed by atoms with Gasteiger partial charge in [0, 0.05) is 36.6 Å². The van der Waals surface area contributed by atoms with Gasteiger partial charge in [-0.05, 0) is 65.2 Å². The summed E-state index contributed by atoms with van der Waals surface area (Å²) < 4.78 is 6.10. The molecule has 2 heterocycles. The molecule has 2 aromatic rings. The quantitative estimate of drug-likeness (QED) is 0.456. The summed E-state index contributed by atoms with van der Waals surface area (Å²) in [4.78, 5) is 6.78. The highest BCUT2D eigenvalue weighted by Gasteiger charge is 2.20. The number of rotatable bonds is 8. The third-order valence-electron chi connectivity index (χ3n) is 5.67. The molecule has 0 saturated heterocycles. The van der Waals surface area contributed by atoms with Gasteiger partial charge in [-0.1, -0.05) is 57.5 Å². The summed E-state index contributed by atoms with van der Waals surface area (Å²) in [5, 5.41) is 13.9. The van der Waals surface area contributed by atoms with Gasteiger partial charge in [0.2, 0.25) is 0 Å². The van der Waals surface area contributed by atoms with E-state index in [2.05, 4.69) is 67.2 Å². The van der Waals surface area contributed by atoms with Gasteiger partial charge < -0.3 is 20.1 Å². The Morgan fingerprint density at radius 2 is 1.91 bits per heavy atom. The normalized spacial score (nSPS) is 15.7. The molecule has 0 amide bonds. The van der Waals surface area contributed by atoms with E-state index in [0.717, 1.165) is 42.2 Å². The number of pyridine rings is 1. The lowest BCUT2D eigenvalue weighted by molar-refractivity contribution is 0.146. The van der Waals surface area contributed by atoms with Gasteiger partial charge in [-0.2, -0.15) is 0 Å². The Bertz CT molecular complexity index is 862. The van der Waals surface area contributed by atoms with Crippen molar-refractivity contribution in [3.63, 3.8) is 0 Å². The fourth-order valence-corrected chi connectivity index (χ4v) is 3.94. The average molecular weight is 470 g/mol. The third-order valence-corrected chi connectivity index (χ3v) is 5.67. The minimum absolute atomic E-state index is 0.135. The lowest BCUT2D eigenvalue weighted by atomic mass is 10.0. The van der Waals surface area contributed by atoms with Crippen molar-refractivity contribution < 1.29 is 9.84 Å².